The lowest BCUT2D eigenvalue weighted by Gasteiger charge is -2.13. The first-order chi connectivity index (χ1) is 12.8. The molecule has 2 aromatic rings. The van der Waals surface area contributed by atoms with Gasteiger partial charge in [-0.05, 0) is 54.8 Å². The number of carboxylic acid groups (broad SMARTS) is 1. The predicted molar refractivity (Wildman–Crippen MR) is 93.3 cm³/mol. The van der Waals surface area contributed by atoms with E-state index in [0.29, 0.717) is 22.4 Å². The quantitative estimate of drug-likeness (QED) is 0.735. The van der Waals surface area contributed by atoms with Gasteiger partial charge in [-0.1, -0.05) is 12.1 Å². The molecule has 0 unspecified atom stereocenters. The van der Waals surface area contributed by atoms with Gasteiger partial charge in [-0.2, -0.15) is 8.78 Å². The number of carbonyl (C=O) groups excluding carboxylic acids is 1. The van der Waals surface area contributed by atoms with E-state index in [1.807, 2.05) is 0 Å². The van der Waals surface area contributed by atoms with E-state index in [2.05, 4.69) is 10.1 Å². The average molecular weight is 379 g/mol. The number of ether oxygens (including phenoxy) is 2. The molecule has 0 saturated carbocycles. The molecular formula is C19H19F2NO5. The van der Waals surface area contributed by atoms with Crippen molar-refractivity contribution in [2.45, 2.75) is 27.0 Å². The van der Waals surface area contributed by atoms with Crippen molar-refractivity contribution in [3.8, 4) is 11.5 Å². The fourth-order valence-electron chi connectivity index (χ4n) is 2.53. The van der Waals surface area contributed by atoms with E-state index in [4.69, 9.17) is 9.84 Å². The molecule has 0 heterocycles. The Morgan fingerprint density at radius 2 is 1.81 bits per heavy atom. The first-order valence-electron chi connectivity index (χ1n) is 8.04. The zero-order chi connectivity index (χ0) is 20.0. The van der Waals surface area contributed by atoms with Crippen LogP contribution in [0.3, 0.4) is 0 Å². The van der Waals surface area contributed by atoms with Crippen molar-refractivity contribution >= 4 is 11.9 Å². The molecule has 0 aromatic heterocycles. The molecule has 0 atom stereocenters. The third kappa shape index (κ3) is 5.95. The summed E-state index contributed by atoms with van der Waals surface area (Å²) < 4.78 is 34.4. The fourth-order valence-corrected chi connectivity index (χ4v) is 2.53. The summed E-state index contributed by atoms with van der Waals surface area (Å²) in [6.45, 7) is -0.0226. The van der Waals surface area contributed by atoms with E-state index in [9.17, 15) is 18.4 Å². The molecule has 0 saturated heterocycles. The van der Waals surface area contributed by atoms with Crippen molar-refractivity contribution in [3.05, 3.63) is 58.7 Å². The van der Waals surface area contributed by atoms with Crippen molar-refractivity contribution in [2.75, 3.05) is 6.61 Å². The predicted octanol–water partition coefficient (Wildman–Crippen LogP) is 3.30. The number of hydrogen-bond donors (Lipinski definition) is 2. The number of nitrogens with one attached hydrogen (secondary N) is 1. The van der Waals surface area contributed by atoms with Gasteiger partial charge in [0.15, 0.2) is 6.61 Å². The maximum Gasteiger partial charge on any atom is 0.387 e. The van der Waals surface area contributed by atoms with Gasteiger partial charge in [0.25, 0.3) is 5.91 Å². The molecule has 1 amide bonds. The fraction of sp³-hybridized carbons (Fsp3) is 0.263. The summed E-state index contributed by atoms with van der Waals surface area (Å²) in [5.41, 5.74) is 1.91. The Balaban J connectivity index is 2.03. The molecule has 0 aliphatic carbocycles. The number of carbonyl (C=O) groups is 2. The standard InChI is InChI=1S/C19H19F2NO5/c1-11-6-14(7-12(2)17(11)27-19(20)21)18(25)22-9-13-4-3-5-15(8-13)26-10-16(23)24/h3-8,19H,9-10H2,1-2H3,(H,22,25)(H,23,24). The van der Waals surface area contributed by atoms with E-state index in [-0.39, 0.29) is 18.2 Å². The highest BCUT2D eigenvalue weighted by Crippen LogP contribution is 2.26. The highest BCUT2D eigenvalue weighted by Gasteiger charge is 2.14. The Morgan fingerprint density at radius 3 is 2.41 bits per heavy atom. The molecule has 27 heavy (non-hydrogen) atoms. The van der Waals surface area contributed by atoms with Crippen LogP contribution in [-0.4, -0.2) is 30.2 Å². The van der Waals surface area contributed by atoms with Crippen LogP contribution in [-0.2, 0) is 11.3 Å². The molecule has 0 bridgehead atoms. The largest absolute Gasteiger partial charge is 0.482 e. The van der Waals surface area contributed by atoms with Gasteiger partial charge < -0.3 is 19.9 Å². The minimum atomic E-state index is -2.93. The normalized spacial score (nSPS) is 10.6. The molecule has 8 heteroatoms. The number of rotatable bonds is 8. The summed E-state index contributed by atoms with van der Waals surface area (Å²) in [7, 11) is 0. The van der Waals surface area contributed by atoms with Gasteiger partial charge in [0.05, 0.1) is 0 Å². The number of halogens is 2. The summed E-state index contributed by atoms with van der Waals surface area (Å²) >= 11 is 0. The molecule has 0 radical (unpaired) electrons. The number of benzene rings is 2. The molecule has 0 spiro atoms. The molecule has 2 N–H and O–H groups in total. The highest BCUT2D eigenvalue weighted by molar-refractivity contribution is 5.94. The number of carboxylic acids is 1. The van der Waals surface area contributed by atoms with E-state index in [1.165, 1.54) is 12.1 Å². The topological polar surface area (TPSA) is 84.9 Å². The molecule has 0 aliphatic heterocycles. The van der Waals surface area contributed by atoms with Crippen LogP contribution < -0.4 is 14.8 Å². The minimum absolute atomic E-state index is 0.0600. The van der Waals surface area contributed by atoms with Crippen LogP contribution >= 0.6 is 0 Å². The van der Waals surface area contributed by atoms with E-state index < -0.39 is 19.2 Å². The molecule has 6 nitrogen and oxygen atoms in total. The maximum atomic E-state index is 12.4. The van der Waals surface area contributed by atoms with Crippen molar-refractivity contribution < 1.29 is 33.0 Å². The van der Waals surface area contributed by atoms with Crippen LogP contribution in [0.1, 0.15) is 27.0 Å². The van der Waals surface area contributed by atoms with Crippen molar-refractivity contribution in [3.63, 3.8) is 0 Å². The lowest BCUT2D eigenvalue weighted by atomic mass is 10.0. The zero-order valence-electron chi connectivity index (χ0n) is 14.8. The Labute approximate surface area is 154 Å². The lowest BCUT2D eigenvalue weighted by molar-refractivity contribution is -0.139. The van der Waals surface area contributed by atoms with Crippen LogP contribution in [0.2, 0.25) is 0 Å². The number of aryl methyl sites for hydroxylation is 2. The molecule has 0 fully saturated rings. The lowest BCUT2D eigenvalue weighted by Crippen LogP contribution is -2.23. The molecule has 2 aromatic carbocycles. The van der Waals surface area contributed by atoms with Gasteiger partial charge in [0, 0.05) is 12.1 Å². The number of hydrogen-bond acceptors (Lipinski definition) is 4. The Hall–Kier alpha value is -3.16. The van der Waals surface area contributed by atoms with Crippen molar-refractivity contribution in [2.24, 2.45) is 0 Å². The third-order valence-electron chi connectivity index (χ3n) is 3.64. The SMILES string of the molecule is Cc1cc(C(=O)NCc2cccc(OCC(=O)O)c2)cc(C)c1OC(F)F. The summed E-state index contributed by atoms with van der Waals surface area (Å²) in [6, 6.07) is 9.63. The summed E-state index contributed by atoms with van der Waals surface area (Å²) in [6.07, 6.45) is 0. The van der Waals surface area contributed by atoms with Gasteiger partial charge in [0.2, 0.25) is 0 Å². The number of alkyl halides is 2. The summed E-state index contributed by atoms with van der Waals surface area (Å²) in [5, 5.41) is 11.3. The second-order valence-electron chi connectivity index (χ2n) is 5.83. The van der Waals surface area contributed by atoms with Crippen LogP contribution in [0.15, 0.2) is 36.4 Å². The smallest absolute Gasteiger partial charge is 0.387 e. The van der Waals surface area contributed by atoms with E-state index in [1.54, 1.807) is 38.1 Å². The average Bonchev–Trinajstić information content (AvgIpc) is 2.61. The third-order valence-corrected chi connectivity index (χ3v) is 3.64. The Morgan fingerprint density at radius 1 is 1.15 bits per heavy atom. The van der Waals surface area contributed by atoms with Gasteiger partial charge in [-0.25, -0.2) is 4.79 Å². The second kappa shape index (κ2) is 8.98. The van der Waals surface area contributed by atoms with Crippen LogP contribution in [0, 0.1) is 13.8 Å². The van der Waals surface area contributed by atoms with Gasteiger partial charge in [-0.3, -0.25) is 4.79 Å². The summed E-state index contributed by atoms with van der Waals surface area (Å²) in [5.74, 6) is -1.02. The van der Waals surface area contributed by atoms with Gasteiger partial charge in [0.1, 0.15) is 11.5 Å². The Bertz CT molecular complexity index is 816. The molecule has 144 valence electrons. The first-order valence-corrected chi connectivity index (χ1v) is 8.04. The molecule has 0 aliphatic rings. The van der Waals surface area contributed by atoms with Gasteiger partial charge >= 0.3 is 12.6 Å². The maximum absolute atomic E-state index is 12.4. The van der Waals surface area contributed by atoms with E-state index in [0.717, 1.165) is 5.56 Å². The molecular weight excluding hydrogens is 360 g/mol. The zero-order valence-corrected chi connectivity index (χ0v) is 14.8. The van der Waals surface area contributed by atoms with Crippen LogP contribution in [0.25, 0.3) is 0 Å². The van der Waals surface area contributed by atoms with Crippen molar-refractivity contribution in [1.82, 2.24) is 5.32 Å². The number of aliphatic carboxylic acids is 1. The van der Waals surface area contributed by atoms with Crippen LogP contribution in [0.5, 0.6) is 11.5 Å². The first kappa shape index (κ1) is 20.2. The molecule has 2 rings (SSSR count). The number of amides is 1. The van der Waals surface area contributed by atoms with Gasteiger partial charge in [-0.15, -0.1) is 0 Å². The monoisotopic (exact) mass is 379 g/mol. The Kier molecular flexibility index (Phi) is 6.70. The van der Waals surface area contributed by atoms with Crippen molar-refractivity contribution in [1.29, 1.82) is 0 Å². The highest BCUT2D eigenvalue weighted by atomic mass is 19.3. The van der Waals surface area contributed by atoms with E-state index >= 15 is 0 Å². The summed E-state index contributed by atoms with van der Waals surface area (Å²) in [4.78, 5) is 22.9. The second-order valence-corrected chi connectivity index (χ2v) is 5.83. The minimum Gasteiger partial charge on any atom is -0.482 e. The van der Waals surface area contributed by atoms with Crippen LogP contribution in [0.4, 0.5) is 8.78 Å².